The van der Waals surface area contributed by atoms with Crippen molar-refractivity contribution in [1.29, 1.82) is 0 Å². The number of hydrogen-bond acceptors (Lipinski definition) is 5. The summed E-state index contributed by atoms with van der Waals surface area (Å²) in [6, 6.07) is 8.58. The molecule has 0 radical (unpaired) electrons. The predicted octanol–water partition coefficient (Wildman–Crippen LogP) is 4.08. The summed E-state index contributed by atoms with van der Waals surface area (Å²) in [5.74, 6) is -0.504. The lowest BCUT2D eigenvalue weighted by molar-refractivity contribution is -0.153. The molecule has 30 heavy (non-hydrogen) atoms. The van der Waals surface area contributed by atoms with Gasteiger partial charge >= 0.3 is 12.3 Å². The number of amides is 2. The molecular formula is C19H19ClF3N3O4. The molecule has 0 aliphatic heterocycles. The van der Waals surface area contributed by atoms with Crippen molar-refractivity contribution in [3.05, 3.63) is 58.9 Å². The third kappa shape index (κ3) is 7.78. The molecule has 2 rings (SSSR count). The molecular weight excluding hydrogens is 427 g/mol. The molecule has 0 aliphatic carbocycles. The molecule has 0 unspecified atom stereocenters. The Hall–Kier alpha value is -3.01. The largest absolute Gasteiger partial charge is 0.483 e. The number of carbonyl (C=O) groups excluding carboxylic acids is 2. The monoisotopic (exact) mass is 445 g/mol. The highest BCUT2D eigenvalue weighted by Crippen LogP contribution is 2.24. The Labute approximate surface area is 175 Å². The average molecular weight is 446 g/mol. The van der Waals surface area contributed by atoms with Gasteiger partial charge in [-0.05, 0) is 36.8 Å². The van der Waals surface area contributed by atoms with Gasteiger partial charge in [0.15, 0.2) is 6.61 Å². The Morgan fingerprint density at radius 3 is 2.40 bits per heavy atom. The molecule has 1 aromatic carbocycles. The lowest BCUT2D eigenvalue weighted by atomic mass is 10.1. The van der Waals surface area contributed by atoms with Crippen LogP contribution >= 0.6 is 11.6 Å². The Kier molecular flexibility index (Phi) is 7.87. The molecule has 3 N–H and O–H groups in total. The topological polar surface area (TPSA) is 104 Å². The van der Waals surface area contributed by atoms with Crippen molar-refractivity contribution in [1.82, 2.24) is 10.3 Å². The number of nitrogens with one attached hydrogen (secondary N) is 1. The number of halogens is 4. The smallest absolute Gasteiger partial charge is 0.422 e. The molecule has 0 saturated heterocycles. The van der Waals surface area contributed by atoms with Crippen molar-refractivity contribution < 1.29 is 32.2 Å². The third-order valence-electron chi connectivity index (χ3n) is 3.85. The second kappa shape index (κ2) is 10.1. The van der Waals surface area contributed by atoms with Crippen molar-refractivity contribution in [2.45, 2.75) is 31.7 Å². The second-order valence-electron chi connectivity index (χ2n) is 6.29. The standard InChI is InChI=1S/C19H19ClF3N3O4/c1-11(15-7-6-14(9-25-15)29-10-19(21,22)23)26-17(27)8-16(30-18(24)28)12-2-4-13(20)5-3-12/h2-7,9,11,16H,8,10H2,1H3,(H2,24,28)(H,26,27)/t11-,16-/m1/s1. The van der Waals surface area contributed by atoms with Gasteiger partial charge in [0.1, 0.15) is 11.9 Å². The lowest BCUT2D eigenvalue weighted by Crippen LogP contribution is -2.30. The summed E-state index contributed by atoms with van der Waals surface area (Å²) in [7, 11) is 0. The number of ether oxygens (including phenoxy) is 2. The zero-order valence-electron chi connectivity index (χ0n) is 15.8. The van der Waals surface area contributed by atoms with Crippen LogP contribution in [0.15, 0.2) is 42.6 Å². The van der Waals surface area contributed by atoms with Crippen LogP contribution in [-0.2, 0) is 9.53 Å². The first-order valence-electron chi connectivity index (χ1n) is 8.70. The number of alkyl halides is 3. The highest BCUT2D eigenvalue weighted by Gasteiger charge is 2.28. The van der Waals surface area contributed by atoms with Crippen LogP contribution in [0.25, 0.3) is 0 Å². The van der Waals surface area contributed by atoms with Gasteiger partial charge < -0.3 is 20.5 Å². The number of benzene rings is 1. The molecule has 1 aromatic heterocycles. The van der Waals surface area contributed by atoms with Crippen molar-refractivity contribution >= 4 is 23.6 Å². The first-order chi connectivity index (χ1) is 14.0. The van der Waals surface area contributed by atoms with E-state index in [4.69, 9.17) is 22.1 Å². The molecule has 0 fully saturated rings. The summed E-state index contributed by atoms with van der Waals surface area (Å²) in [6.45, 7) is 0.217. The maximum absolute atomic E-state index is 12.4. The van der Waals surface area contributed by atoms with Gasteiger partial charge in [-0.2, -0.15) is 13.2 Å². The molecule has 7 nitrogen and oxygen atoms in total. The van der Waals surface area contributed by atoms with E-state index in [9.17, 15) is 22.8 Å². The number of primary amides is 1. The fraction of sp³-hybridized carbons (Fsp3) is 0.316. The zero-order chi connectivity index (χ0) is 22.3. The molecule has 0 bridgehead atoms. The first kappa shape index (κ1) is 23.3. The number of carbonyl (C=O) groups is 2. The van der Waals surface area contributed by atoms with E-state index in [2.05, 4.69) is 15.0 Å². The van der Waals surface area contributed by atoms with E-state index in [1.165, 1.54) is 12.1 Å². The summed E-state index contributed by atoms with van der Waals surface area (Å²) < 4.78 is 46.1. The van der Waals surface area contributed by atoms with Crippen LogP contribution in [0.2, 0.25) is 5.02 Å². The third-order valence-corrected chi connectivity index (χ3v) is 4.11. The van der Waals surface area contributed by atoms with Gasteiger partial charge in [-0.3, -0.25) is 9.78 Å². The van der Waals surface area contributed by atoms with Gasteiger partial charge in [0.05, 0.1) is 24.4 Å². The van der Waals surface area contributed by atoms with Crippen molar-refractivity contribution in [2.24, 2.45) is 5.73 Å². The van der Waals surface area contributed by atoms with Gasteiger partial charge in [-0.15, -0.1) is 0 Å². The van der Waals surface area contributed by atoms with E-state index in [0.29, 0.717) is 16.3 Å². The summed E-state index contributed by atoms with van der Waals surface area (Å²) >= 11 is 5.83. The average Bonchev–Trinajstić information content (AvgIpc) is 2.66. The van der Waals surface area contributed by atoms with Crippen LogP contribution in [0, 0.1) is 0 Å². The summed E-state index contributed by atoms with van der Waals surface area (Å²) in [6.07, 6.45) is -5.48. The summed E-state index contributed by atoms with van der Waals surface area (Å²) in [5, 5.41) is 3.15. The highest BCUT2D eigenvalue weighted by molar-refractivity contribution is 6.30. The summed E-state index contributed by atoms with van der Waals surface area (Å²) in [5.41, 5.74) is 6.02. The number of pyridine rings is 1. The van der Waals surface area contributed by atoms with Crippen molar-refractivity contribution in [3.63, 3.8) is 0 Å². The number of nitrogens with zero attached hydrogens (tertiary/aromatic N) is 1. The quantitative estimate of drug-likeness (QED) is 0.637. The number of rotatable bonds is 8. The van der Waals surface area contributed by atoms with Crippen LogP contribution in [0.4, 0.5) is 18.0 Å². The SMILES string of the molecule is C[C@@H](NC(=O)C[C@@H](OC(N)=O)c1ccc(Cl)cc1)c1ccc(OCC(F)(F)F)cn1. The number of hydrogen-bond donors (Lipinski definition) is 2. The van der Waals surface area contributed by atoms with Gasteiger partial charge in [0, 0.05) is 5.02 Å². The molecule has 11 heteroatoms. The second-order valence-corrected chi connectivity index (χ2v) is 6.73. The van der Waals surface area contributed by atoms with Gasteiger partial charge in [-0.25, -0.2) is 4.79 Å². The van der Waals surface area contributed by atoms with Crippen LogP contribution in [0.5, 0.6) is 5.75 Å². The molecule has 2 amide bonds. The van der Waals surface area contributed by atoms with E-state index in [-0.39, 0.29) is 12.2 Å². The minimum Gasteiger partial charge on any atom is -0.483 e. The molecule has 162 valence electrons. The minimum absolute atomic E-state index is 0.0488. The maximum atomic E-state index is 12.4. The zero-order valence-corrected chi connectivity index (χ0v) is 16.5. The maximum Gasteiger partial charge on any atom is 0.422 e. The van der Waals surface area contributed by atoms with E-state index in [1.54, 1.807) is 31.2 Å². The normalized spacial score (nSPS) is 13.2. The van der Waals surface area contributed by atoms with Crippen LogP contribution in [0.1, 0.15) is 36.7 Å². The van der Waals surface area contributed by atoms with Gasteiger partial charge in [-0.1, -0.05) is 23.7 Å². The van der Waals surface area contributed by atoms with E-state index in [1.807, 2.05) is 0 Å². The first-order valence-corrected chi connectivity index (χ1v) is 9.07. The molecule has 1 heterocycles. The van der Waals surface area contributed by atoms with Crippen LogP contribution < -0.4 is 15.8 Å². The molecule has 0 aliphatic rings. The Morgan fingerprint density at radius 1 is 1.20 bits per heavy atom. The predicted molar refractivity (Wildman–Crippen MR) is 102 cm³/mol. The Bertz CT molecular complexity index is 861. The molecule has 2 aromatic rings. The molecule has 0 spiro atoms. The van der Waals surface area contributed by atoms with Crippen molar-refractivity contribution in [3.8, 4) is 5.75 Å². The van der Waals surface area contributed by atoms with E-state index < -0.39 is 36.9 Å². The Morgan fingerprint density at radius 2 is 1.87 bits per heavy atom. The van der Waals surface area contributed by atoms with E-state index >= 15 is 0 Å². The number of aromatic nitrogens is 1. The minimum atomic E-state index is -4.45. The van der Waals surface area contributed by atoms with Crippen LogP contribution in [-0.4, -0.2) is 29.8 Å². The van der Waals surface area contributed by atoms with Gasteiger partial charge in [0.2, 0.25) is 5.91 Å². The molecule has 0 saturated carbocycles. The highest BCUT2D eigenvalue weighted by atomic mass is 35.5. The number of nitrogens with two attached hydrogens (primary N) is 1. The lowest BCUT2D eigenvalue weighted by Gasteiger charge is -2.19. The Balaban J connectivity index is 1.97. The van der Waals surface area contributed by atoms with Gasteiger partial charge in [0.25, 0.3) is 0 Å². The van der Waals surface area contributed by atoms with Crippen molar-refractivity contribution in [2.75, 3.05) is 6.61 Å². The fourth-order valence-corrected chi connectivity index (χ4v) is 2.61. The van der Waals surface area contributed by atoms with E-state index in [0.717, 1.165) is 6.20 Å². The van der Waals surface area contributed by atoms with Crippen LogP contribution in [0.3, 0.4) is 0 Å². The molecule has 2 atom stereocenters. The summed E-state index contributed by atoms with van der Waals surface area (Å²) in [4.78, 5) is 27.6. The fourth-order valence-electron chi connectivity index (χ4n) is 2.49.